The Morgan fingerprint density at radius 2 is 2.00 bits per heavy atom. The molecule has 0 spiro atoms. The van der Waals surface area contributed by atoms with Crippen LogP contribution in [0.3, 0.4) is 0 Å². The highest BCUT2D eigenvalue weighted by Gasteiger charge is 2.21. The highest BCUT2D eigenvalue weighted by molar-refractivity contribution is 5.88. The lowest BCUT2D eigenvalue weighted by molar-refractivity contribution is 0.225. The maximum atomic E-state index is 12.0. The maximum absolute atomic E-state index is 12.0. The van der Waals surface area contributed by atoms with Crippen molar-refractivity contribution in [2.24, 2.45) is 0 Å². The molecule has 0 radical (unpaired) electrons. The van der Waals surface area contributed by atoms with Crippen LogP contribution in [-0.4, -0.2) is 22.9 Å². The van der Waals surface area contributed by atoms with Gasteiger partial charge in [0.25, 0.3) is 0 Å². The fraction of sp³-hybridized carbons (Fsp3) is 0.375. The van der Waals surface area contributed by atoms with Crippen molar-refractivity contribution >= 4 is 11.8 Å². The molecule has 6 heteroatoms. The molecule has 0 unspecified atom stereocenters. The number of hydrogen-bond acceptors (Lipinski definition) is 4. The normalized spacial score (nSPS) is 12.7. The number of aromatic nitrogens is 1. The molecule has 1 aromatic heterocycles. The molecule has 0 saturated heterocycles. The van der Waals surface area contributed by atoms with Crippen molar-refractivity contribution < 1.29 is 14.4 Å². The number of nitrogens with one attached hydrogen (secondary N) is 2. The zero-order chi connectivity index (χ0) is 16.2. The molecule has 0 aliphatic carbocycles. The summed E-state index contributed by atoms with van der Waals surface area (Å²) < 4.78 is 5.20. The molecule has 2 rings (SSSR count). The molecule has 3 N–H and O–H groups in total. The standard InChI is InChI=1S/C16H21N3O3/c1-16(2,3)13-9-14(19-22-13)18-15(21)17-12(10-20)11-7-5-4-6-8-11/h4-9,12,20H,10H2,1-3H3,(H2,17,18,19,21)/t12-/m1/s1. The first-order chi connectivity index (χ1) is 10.4. The molecule has 1 aromatic carbocycles. The highest BCUT2D eigenvalue weighted by Crippen LogP contribution is 2.24. The van der Waals surface area contributed by atoms with Gasteiger partial charge < -0.3 is 14.9 Å². The second-order valence-corrected chi connectivity index (χ2v) is 6.07. The Kier molecular flexibility index (Phi) is 4.82. The van der Waals surface area contributed by atoms with Crippen LogP contribution in [0.5, 0.6) is 0 Å². The van der Waals surface area contributed by atoms with E-state index in [9.17, 15) is 9.90 Å². The number of hydrogen-bond donors (Lipinski definition) is 3. The van der Waals surface area contributed by atoms with Gasteiger partial charge in [-0.3, -0.25) is 5.32 Å². The van der Waals surface area contributed by atoms with Crippen LogP contribution in [0.1, 0.15) is 38.1 Å². The molecule has 0 aliphatic heterocycles. The Labute approximate surface area is 129 Å². The Balaban J connectivity index is 1.99. The number of carbonyl (C=O) groups is 1. The summed E-state index contributed by atoms with van der Waals surface area (Å²) in [6.45, 7) is 5.79. The molecule has 0 aliphatic rings. The molecule has 2 aromatic rings. The minimum absolute atomic E-state index is 0.179. The predicted octanol–water partition coefficient (Wildman–Crippen LogP) is 2.83. The topological polar surface area (TPSA) is 87.4 Å². The number of amides is 2. The Hall–Kier alpha value is -2.34. The first-order valence-electron chi connectivity index (χ1n) is 7.10. The van der Waals surface area contributed by atoms with Gasteiger partial charge in [-0.15, -0.1) is 0 Å². The Morgan fingerprint density at radius 3 is 2.55 bits per heavy atom. The van der Waals surface area contributed by atoms with Gasteiger partial charge in [0.1, 0.15) is 5.76 Å². The molecule has 2 amide bonds. The van der Waals surface area contributed by atoms with Crippen LogP contribution in [0.4, 0.5) is 10.6 Å². The van der Waals surface area contributed by atoms with E-state index < -0.39 is 12.1 Å². The zero-order valence-corrected chi connectivity index (χ0v) is 13.0. The van der Waals surface area contributed by atoms with Crippen LogP contribution < -0.4 is 10.6 Å². The van der Waals surface area contributed by atoms with E-state index in [1.165, 1.54) is 0 Å². The number of anilines is 1. The number of nitrogens with zero attached hydrogens (tertiary/aromatic N) is 1. The average Bonchev–Trinajstić information content (AvgIpc) is 2.94. The second kappa shape index (κ2) is 6.62. The highest BCUT2D eigenvalue weighted by atomic mass is 16.5. The first-order valence-corrected chi connectivity index (χ1v) is 7.10. The van der Waals surface area contributed by atoms with Crippen LogP contribution in [0.2, 0.25) is 0 Å². The summed E-state index contributed by atoms with van der Waals surface area (Å²) in [5.41, 5.74) is 0.650. The van der Waals surface area contributed by atoms with Crippen LogP contribution in [0, 0.1) is 0 Å². The molecule has 0 fully saturated rings. The van der Waals surface area contributed by atoms with Crippen molar-refractivity contribution in [1.82, 2.24) is 10.5 Å². The van der Waals surface area contributed by atoms with Crippen molar-refractivity contribution in [2.45, 2.75) is 32.2 Å². The third-order valence-electron chi connectivity index (χ3n) is 3.18. The molecule has 0 saturated carbocycles. The lowest BCUT2D eigenvalue weighted by atomic mass is 9.93. The van der Waals surface area contributed by atoms with Gasteiger partial charge in [0.15, 0.2) is 5.82 Å². The summed E-state index contributed by atoms with van der Waals surface area (Å²) in [6, 6.07) is 10.0. The van der Waals surface area contributed by atoms with Crippen molar-refractivity contribution in [3.8, 4) is 0 Å². The quantitative estimate of drug-likeness (QED) is 0.810. The van der Waals surface area contributed by atoms with E-state index >= 15 is 0 Å². The zero-order valence-electron chi connectivity index (χ0n) is 13.0. The van der Waals surface area contributed by atoms with Gasteiger partial charge in [-0.2, -0.15) is 0 Å². The second-order valence-electron chi connectivity index (χ2n) is 6.07. The SMILES string of the molecule is CC(C)(C)c1cc(NC(=O)N[C@H](CO)c2ccccc2)no1. The predicted molar refractivity (Wildman–Crippen MR) is 83.6 cm³/mol. The summed E-state index contributed by atoms with van der Waals surface area (Å²) in [6.07, 6.45) is 0. The van der Waals surface area contributed by atoms with Crippen molar-refractivity contribution in [3.05, 3.63) is 47.7 Å². The van der Waals surface area contributed by atoms with Gasteiger partial charge >= 0.3 is 6.03 Å². The summed E-state index contributed by atoms with van der Waals surface area (Å²) in [7, 11) is 0. The van der Waals surface area contributed by atoms with E-state index in [4.69, 9.17) is 4.52 Å². The maximum Gasteiger partial charge on any atom is 0.321 e. The first kappa shape index (κ1) is 16.0. The number of carbonyl (C=O) groups excluding carboxylic acids is 1. The van der Waals surface area contributed by atoms with Gasteiger partial charge in [0.05, 0.1) is 12.6 Å². The molecular formula is C16H21N3O3. The number of aliphatic hydroxyl groups excluding tert-OH is 1. The summed E-state index contributed by atoms with van der Waals surface area (Å²) >= 11 is 0. The molecule has 1 atom stereocenters. The van der Waals surface area contributed by atoms with E-state index in [0.29, 0.717) is 11.6 Å². The van der Waals surface area contributed by atoms with E-state index in [-0.39, 0.29) is 12.0 Å². The minimum atomic E-state index is -0.477. The molecule has 1 heterocycles. The van der Waals surface area contributed by atoms with Gasteiger partial charge in [-0.1, -0.05) is 56.3 Å². The Bertz CT molecular complexity index is 617. The van der Waals surface area contributed by atoms with Crippen LogP contribution in [0.15, 0.2) is 40.9 Å². The van der Waals surface area contributed by atoms with Crippen molar-refractivity contribution in [1.29, 1.82) is 0 Å². The molecule has 118 valence electrons. The average molecular weight is 303 g/mol. The van der Waals surface area contributed by atoms with Crippen molar-refractivity contribution in [3.63, 3.8) is 0 Å². The van der Waals surface area contributed by atoms with E-state index in [1.54, 1.807) is 6.07 Å². The third-order valence-corrected chi connectivity index (χ3v) is 3.18. The lowest BCUT2D eigenvalue weighted by Gasteiger charge is -2.16. The summed E-state index contributed by atoms with van der Waals surface area (Å²) in [5, 5.41) is 18.5. The molecule has 6 nitrogen and oxygen atoms in total. The van der Waals surface area contributed by atoms with Gasteiger partial charge in [-0.05, 0) is 5.56 Å². The van der Waals surface area contributed by atoms with Gasteiger partial charge in [0.2, 0.25) is 0 Å². The molecule has 22 heavy (non-hydrogen) atoms. The summed E-state index contributed by atoms with van der Waals surface area (Å²) in [5.74, 6) is 1.02. The Morgan fingerprint density at radius 1 is 1.32 bits per heavy atom. The third kappa shape index (κ3) is 4.08. The largest absolute Gasteiger partial charge is 0.394 e. The smallest absolute Gasteiger partial charge is 0.321 e. The fourth-order valence-electron chi connectivity index (χ4n) is 1.92. The van der Waals surface area contributed by atoms with E-state index in [0.717, 1.165) is 5.56 Å². The number of benzene rings is 1. The minimum Gasteiger partial charge on any atom is -0.394 e. The molecule has 0 bridgehead atoms. The molecular weight excluding hydrogens is 282 g/mol. The number of rotatable bonds is 4. The van der Waals surface area contributed by atoms with Crippen molar-refractivity contribution in [2.75, 3.05) is 11.9 Å². The lowest BCUT2D eigenvalue weighted by Crippen LogP contribution is -2.34. The van der Waals surface area contributed by atoms with Crippen LogP contribution in [0.25, 0.3) is 0 Å². The van der Waals surface area contributed by atoms with Crippen LogP contribution in [-0.2, 0) is 5.41 Å². The number of aliphatic hydroxyl groups is 1. The van der Waals surface area contributed by atoms with Gasteiger partial charge in [-0.25, -0.2) is 4.79 Å². The van der Waals surface area contributed by atoms with E-state index in [1.807, 2.05) is 51.1 Å². The number of urea groups is 1. The van der Waals surface area contributed by atoms with Crippen LogP contribution >= 0.6 is 0 Å². The summed E-state index contributed by atoms with van der Waals surface area (Å²) in [4.78, 5) is 12.0. The fourth-order valence-corrected chi connectivity index (χ4v) is 1.92. The van der Waals surface area contributed by atoms with Gasteiger partial charge in [0, 0.05) is 11.5 Å². The van der Waals surface area contributed by atoms with E-state index in [2.05, 4.69) is 15.8 Å². The monoisotopic (exact) mass is 303 g/mol.